The van der Waals surface area contributed by atoms with Crippen LogP contribution in [0.2, 0.25) is 0 Å². The molecule has 1 aromatic carbocycles. The number of sulfonamides is 1. The van der Waals surface area contributed by atoms with Crippen molar-refractivity contribution in [1.82, 2.24) is 9.62 Å². The summed E-state index contributed by atoms with van der Waals surface area (Å²) in [7, 11) is -1.72. The summed E-state index contributed by atoms with van der Waals surface area (Å²) in [6.07, 6.45) is 6.18. The largest absolute Gasteiger partial charge is 0.399 e. The fourth-order valence-electron chi connectivity index (χ4n) is 3.92. The molecule has 0 aliphatic heterocycles. The van der Waals surface area contributed by atoms with Crippen molar-refractivity contribution >= 4 is 21.6 Å². The van der Waals surface area contributed by atoms with E-state index in [1.54, 1.807) is 12.1 Å². The molecule has 3 rings (SSSR count). The van der Waals surface area contributed by atoms with Crippen molar-refractivity contribution in [2.24, 2.45) is 11.7 Å². The highest BCUT2D eigenvalue weighted by Gasteiger charge is 2.35. The normalized spacial score (nSPS) is 24.8. The Labute approximate surface area is 161 Å². The molecule has 2 aliphatic carbocycles. The van der Waals surface area contributed by atoms with Gasteiger partial charge in [0, 0.05) is 24.8 Å². The first-order chi connectivity index (χ1) is 12.8. The van der Waals surface area contributed by atoms with Crippen LogP contribution in [0.5, 0.6) is 0 Å². The van der Waals surface area contributed by atoms with Gasteiger partial charge >= 0.3 is 0 Å². The van der Waals surface area contributed by atoms with Crippen LogP contribution in [-0.4, -0.2) is 44.4 Å². The smallest absolute Gasteiger partial charge is 0.240 e. The zero-order valence-electron chi connectivity index (χ0n) is 15.8. The lowest BCUT2D eigenvalue weighted by atomic mass is 9.81. The van der Waals surface area contributed by atoms with E-state index in [9.17, 15) is 13.2 Å². The van der Waals surface area contributed by atoms with Gasteiger partial charge in [0.15, 0.2) is 0 Å². The number of nitrogens with two attached hydrogens (primary N) is 2. The van der Waals surface area contributed by atoms with Gasteiger partial charge in [-0.1, -0.05) is 0 Å². The van der Waals surface area contributed by atoms with Gasteiger partial charge in [-0.05, 0) is 75.1 Å². The molecule has 150 valence electrons. The lowest BCUT2D eigenvalue weighted by Gasteiger charge is -2.38. The topological polar surface area (TPSA) is 119 Å². The molecule has 2 aliphatic rings. The van der Waals surface area contributed by atoms with Crippen molar-refractivity contribution in [2.75, 3.05) is 12.8 Å². The molecule has 1 atom stereocenters. The minimum atomic E-state index is -3.56. The highest BCUT2D eigenvalue weighted by molar-refractivity contribution is 7.89. The molecule has 8 heteroatoms. The van der Waals surface area contributed by atoms with Gasteiger partial charge < -0.3 is 16.4 Å². The number of nitrogens with zero attached hydrogens (tertiary/aromatic N) is 1. The Hall–Kier alpha value is -1.64. The van der Waals surface area contributed by atoms with E-state index in [4.69, 9.17) is 11.5 Å². The zero-order chi connectivity index (χ0) is 19.6. The van der Waals surface area contributed by atoms with Crippen molar-refractivity contribution in [2.45, 2.75) is 68.0 Å². The van der Waals surface area contributed by atoms with E-state index in [0.29, 0.717) is 24.6 Å². The summed E-state index contributed by atoms with van der Waals surface area (Å²) in [5.41, 5.74) is 12.4. The monoisotopic (exact) mass is 394 g/mol. The molecular formula is C19H30N4O3S. The molecule has 0 spiro atoms. The number of benzene rings is 1. The maximum Gasteiger partial charge on any atom is 0.240 e. The number of hydrogen-bond acceptors (Lipinski definition) is 5. The third kappa shape index (κ3) is 4.62. The number of carbonyl (C=O) groups excluding carboxylic acids is 1. The van der Waals surface area contributed by atoms with Crippen molar-refractivity contribution in [3.8, 4) is 0 Å². The summed E-state index contributed by atoms with van der Waals surface area (Å²) >= 11 is 0. The Bertz CT molecular complexity index is 754. The number of carbonyl (C=O) groups is 1. The Morgan fingerprint density at radius 1 is 1.11 bits per heavy atom. The second-order valence-electron chi connectivity index (χ2n) is 7.86. The molecule has 0 radical (unpaired) electrons. The van der Waals surface area contributed by atoms with E-state index >= 15 is 0 Å². The zero-order valence-corrected chi connectivity index (χ0v) is 16.6. The van der Waals surface area contributed by atoms with Crippen LogP contribution < -0.4 is 16.2 Å². The molecule has 0 aromatic heterocycles. The van der Waals surface area contributed by atoms with Crippen LogP contribution in [0, 0.1) is 5.92 Å². The van der Waals surface area contributed by atoms with Gasteiger partial charge in [-0.3, -0.25) is 4.79 Å². The van der Waals surface area contributed by atoms with Crippen molar-refractivity contribution in [1.29, 1.82) is 0 Å². The summed E-state index contributed by atoms with van der Waals surface area (Å²) in [6.45, 7) is 0. The summed E-state index contributed by atoms with van der Waals surface area (Å²) in [4.78, 5) is 14.6. The third-order valence-electron chi connectivity index (χ3n) is 6.05. The standard InChI is InChI=1S/C19H30N4O3S/c1-23(16-3-2-4-16)19(24)18(21)13-5-9-15(10-6-13)22-27(25,26)17-11-7-14(20)8-12-17/h7-8,11-13,15-16,18,22H,2-6,9-10,20-21H2,1H3/t13?,15?,18-/m0/s1. The first-order valence-corrected chi connectivity index (χ1v) is 11.2. The molecule has 0 unspecified atom stereocenters. The molecule has 0 saturated heterocycles. The van der Waals surface area contributed by atoms with E-state index in [2.05, 4.69) is 4.72 Å². The maximum atomic E-state index is 12.6. The molecule has 5 N–H and O–H groups in total. The predicted molar refractivity (Wildman–Crippen MR) is 105 cm³/mol. The van der Waals surface area contributed by atoms with Gasteiger partial charge in [-0.15, -0.1) is 0 Å². The van der Waals surface area contributed by atoms with Gasteiger partial charge in [0.25, 0.3) is 0 Å². The lowest BCUT2D eigenvalue weighted by Crippen LogP contribution is -2.52. The maximum absolute atomic E-state index is 12.6. The number of amides is 1. The number of hydrogen-bond donors (Lipinski definition) is 3. The molecule has 27 heavy (non-hydrogen) atoms. The molecule has 2 fully saturated rings. The molecular weight excluding hydrogens is 364 g/mol. The number of rotatable bonds is 6. The highest BCUT2D eigenvalue weighted by Crippen LogP contribution is 2.30. The summed E-state index contributed by atoms with van der Waals surface area (Å²) in [5, 5.41) is 0. The molecule has 1 aromatic rings. The lowest BCUT2D eigenvalue weighted by molar-refractivity contribution is -0.136. The Balaban J connectivity index is 1.52. The first-order valence-electron chi connectivity index (χ1n) is 9.68. The van der Waals surface area contributed by atoms with Gasteiger partial charge in [0.1, 0.15) is 0 Å². The second-order valence-corrected chi connectivity index (χ2v) is 9.58. The SMILES string of the molecule is CN(C(=O)[C@@H](N)C1CCC(NS(=O)(=O)c2ccc(N)cc2)CC1)C1CCC1. The van der Waals surface area contributed by atoms with E-state index in [1.807, 2.05) is 11.9 Å². The molecule has 2 saturated carbocycles. The molecule has 0 heterocycles. The predicted octanol–water partition coefficient (Wildman–Crippen LogP) is 1.44. The Kier molecular flexibility index (Phi) is 6.08. The molecule has 1 amide bonds. The fourth-order valence-corrected chi connectivity index (χ4v) is 5.23. The highest BCUT2D eigenvalue weighted by atomic mass is 32.2. The minimum absolute atomic E-state index is 0.0191. The van der Waals surface area contributed by atoms with Crippen LogP contribution in [0.25, 0.3) is 0 Å². The Morgan fingerprint density at radius 3 is 2.22 bits per heavy atom. The number of nitrogens with one attached hydrogen (secondary N) is 1. The summed E-state index contributed by atoms with van der Waals surface area (Å²) in [5.74, 6) is 0.128. The Morgan fingerprint density at radius 2 is 1.70 bits per heavy atom. The van der Waals surface area contributed by atoms with E-state index in [-0.39, 0.29) is 22.8 Å². The van der Waals surface area contributed by atoms with Crippen LogP contribution in [0.3, 0.4) is 0 Å². The summed E-state index contributed by atoms with van der Waals surface area (Å²) < 4.78 is 27.8. The van der Waals surface area contributed by atoms with Gasteiger partial charge in [-0.25, -0.2) is 13.1 Å². The quantitative estimate of drug-likeness (QED) is 0.631. The van der Waals surface area contributed by atoms with Crippen LogP contribution in [0.4, 0.5) is 5.69 Å². The average molecular weight is 395 g/mol. The van der Waals surface area contributed by atoms with E-state index in [1.165, 1.54) is 18.6 Å². The second kappa shape index (κ2) is 8.16. The van der Waals surface area contributed by atoms with Crippen LogP contribution in [0.1, 0.15) is 44.9 Å². The fraction of sp³-hybridized carbons (Fsp3) is 0.632. The third-order valence-corrected chi connectivity index (χ3v) is 7.58. The van der Waals surface area contributed by atoms with Crippen LogP contribution in [0.15, 0.2) is 29.2 Å². The summed E-state index contributed by atoms with van der Waals surface area (Å²) in [6, 6.07) is 5.89. The van der Waals surface area contributed by atoms with Crippen molar-refractivity contribution in [3.63, 3.8) is 0 Å². The molecule has 0 bridgehead atoms. The van der Waals surface area contributed by atoms with Crippen molar-refractivity contribution in [3.05, 3.63) is 24.3 Å². The molecule has 7 nitrogen and oxygen atoms in total. The van der Waals surface area contributed by atoms with Crippen LogP contribution in [-0.2, 0) is 14.8 Å². The first kappa shape index (κ1) is 20.1. The number of anilines is 1. The van der Waals surface area contributed by atoms with E-state index in [0.717, 1.165) is 25.7 Å². The number of likely N-dealkylation sites (N-methyl/N-ethyl adjacent to an activating group) is 1. The minimum Gasteiger partial charge on any atom is -0.399 e. The van der Waals surface area contributed by atoms with Gasteiger partial charge in [0.2, 0.25) is 15.9 Å². The van der Waals surface area contributed by atoms with E-state index < -0.39 is 16.1 Å². The van der Waals surface area contributed by atoms with Gasteiger partial charge in [-0.2, -0.15) is 0 Å². The van der Waals surface area contributed by atoms with Crippen LogP contribution >= 0.6 is 0 Å². The van der Waals surface area contributed by atoms with Gasteiger partial charge in [0.05, 0.1) is 10.9 Å². The van der Waals surface area contributed by atoms with Crippen molar-refractivity contribution < 1.29 is 13.2 Å². The average Bonchev–Trinajstić information content (AvgIpc) is 2.59. The number of nitrogen functional groups attached to an aromatic ring is 1.